The maximum atomic E-state index is 11.3. The van der Waals surface area contributed by atoms with E-state index in [-0.39, 0.29) is 10.7 Å². The van der Waals surface area contributed by atoms with Crippen molar-refractivity contribution >= 4 is 17.7 Å². The number of carbonyl (C=O) groups is 1. The molecule has 0 unspecified atom stereocenters. The Morgan fingerprint density at radius 3 is 2.44 bits per heavy atom. The molecule has 0 radical (unpaired) electrons. The predicted octanol–water partition coefficient (Wildman–Crippen LogP) is 3.78. The van der Waals surface area contributed by atoms with Crippen molar-refractivity contribution in [3.8, 4) is 0 Å². The standard InChI is InChI=1S/C13H24O2S/c1-4-12(14)15-10-13(16-11(2)3)8-6-5-7-9-13/h11H,4-10H2,1-3H3. The average molecular weight is 244 g/mol. The van der Waals surface area contributed by atoms with Gasteiger partial charge in [0.1, 0.15) is 6.61 Å². The van der Waals surface area contributed by atoms with Crippen LogP contribution in [0.3, 0.4) is 0 Å². The average Bonchev–Trinajstić information content (AvgIpc) is 2.26. The number of ether oxygens (including phenoxy) is 1. The molecular formula is C13H24O2S. The highest BCUT2D eigenvalue weighted by Crippen LogP contribution is 2.42. The molecule has 1 aliphatic rings. The number of thioether (sulfide) groups is 1. The monoisotopic (exact) mass is 244 g/mol. The molecule has 0 spiro atoms. The maximum absolute atomic E-state index is 11.3. The summed E-state index contributed by atoms with van der Waals surface area (Å²) in [7, 11) is 0. The van der Waals surface area contributed by atoms with Crippen LogP contribution in [0.2, 0.25) is 0 Å². The van der Waals surface area contributed by atoms with Crippen molar-refractivity contribution in [1.82, 2.24) is 0 Å². The third kappa shape index (κ3) is 4.36. The van der Waals surface area contributed by atoms with Gasteiger partial charge in [-0.25, -0.2) is 0 Å². The van der Waals surface area contributed by atoms with Crippen LogP contribution in [0.5, 0.6) is 0 Å². The Labute approximate surface area is 104 Å². The Bertz CT molecular complexity index is 220. The topological polar surface area (TPSA) is 26.3 Å². The Hall–Kier alpha value is -0.180. The van der Waals surface area contributed by atoms with E-state index >= 15 is 0 Å². The Morgan fingerprint density at radius 2 is 1.94 bits per heavy atom. The molecule has 16 heavy (non-hydrogen) atoms. The van der Waals surface area contributed by atoms with Crippen LogP contribution < -0.4 is 0 Å². The van der Waals surface area contributed by atoms with Crippen LogP contribution in [0, 0.1) is 0 Å². The fraction of sp³-hybridized carbons (Fsp3) is 0.923. The van der Waals surface area contributed by atoms with Crippen LogP contribution in [-0.2, 0) is 9.53 Å². The van der Waals surface area contributed by atoms with Crippen LogP contribution in [0.25, 0.3) is 0 Å². The van der Waals surface area contributed by atoms with Crippen molar-refractivity contribution in [2.24, 2.45) is 0 Å². The Kier molecular flexibility index (Phi) is 5.67. The summed E-state index contributed by atoms with van der Waals surface area (Å²) in [5, 5.41) is 0.610. The molecule has 0 aromatic heterocycles. The van der Waals surface area contributed by atoms with Gasteiger partial charge in [-0.1, -0.05) is 40.0 Å². The number of hydrogen-bond donors (Lipinski definition) is 0. The van der Waals surface area contributed by atoms with E-state index in [1.54, 1.807) is 0 Å². The third-order valence-corrected chi connectivity index (χ3v) is 4.53. The highest BCUT2D eigenvalue weighted by molar-refractivity contribution is 8.01. The Morgan fingerprint density at radius 1 is 1.31 bits per heavy atom. The molecule has 0 N–H and O–H groups in total. The lowest BCUT2D eigenvalue weighted by molar-refractivity contribution is -0.144. The lowest BCUT2D eigenvalue weighted by Crippen LogP contribution is -2.35. The molecule has 0 amide bonds. The summed E-state index contributed by atoms with van der Waals surface area (Å²) in [4.78, 5) is 11.3. The number of rotatable bonds is 5. The first-order valence-corrected chi connectivity index (χ1v) is 7.29. The molecule has 0 atom stereocenters. The van der Waals surface area contributed by atoms with Crippen molar-refractivity contribution < 1.29 is 9.53 Å². The fourth-order valence-electron chi connectivity index (χ4n) is 2.31. The lowest BCUT2D eigenvalue weighted by Gasteiger charge is -2.37. The predicted molar refractivity (Wildman–Crippen MR) is 69.8 cm³/mol. The van der Waals surface area contributed by atoms with Gasteiger partial charge in [0, 0.05) is 6.42 Å². The zero-order valence-corrected chi connectivity index (χ0v) is 11.6. The van der Waals surface area contributed by atoms with Crippen LogP contribution in [0.15, 0.2) is 0 Å². The normalized spacial score (nSPS) is 19.8. The SMILES string of the molecule is CCC(=O)OCC1(SC(C)C)CCCCC1. The highest BCUT2D eigenvalue weighted by Gasteiger charge is 2.34. The van der Waals surface area contributed by atoms with E-state index in [9.17, 15) is 4.79 Å². The van der Waals surface area contributed by atoms with Crippen LogP contribution in [0.4, 0.5) is 0 Å². The van der Waals surface area contributed by atoms with E-state index in [4.69, 9.17) is 4.74 Å². The van der Waals surface area contributed by atoms with Gasteiger partial charge in [0.15, 0.2) is 0 Å². The minimum Gasteiger partial charge on any atom is -0.464 e. The van der Waals surface area contributed by atoms with Gasteiger partial charge in [-0.15, -0.1) is 11.8 Å². The molecule has 94 valence electrons. The second kappa shape index (κ2) is 6.53. The minimum atomic E-state index is -0.0608. The van der Waals surface area contributed by atoms with E-state index in [0.29, 0.717) is 18.3 Å². The number of hydrogen-bond acceptors (Lipinski definition) is 3. The van der Waals surface area contributed by atoms with Gasteiger partial charge in [0.25, 0.3) is 0 Å². The molecule has 1 rings (SSSR count). The first kappa shape index (κ1) is 13.9. The van der Waals surface area contributed by atoms with Gasteiger partial charge in [-0.2, -0.15) is 0 Å². The first-order valence-electron chi connectivity index (χ1n) is 6.41. The summed E-state index contributed by atoms with van der Waals surface area (Å²) in [6.07, 6.45) is 6.79. The molecule has 0 aliphatic heterocycles. The molecule has 1 fully saturated rings. The number of carbonyl (C=O) groups excluding carboxylic acids is 1. The quantitative estimate of drug-likeness (QED) is 0.688. The Balaban J connectivity index is 2.52. The highest BCUT2D eigenvalue weighted by atomic mass is 32.2. The molecule has 1 aliphatic carbocycles. The molecule has 3 heteroatoms. The molecule has 0 aromatic carbocycles. The summed E-state index contributed by atoms with van der Waals surface area (Å²) in [6, 6.07) is 0. The van der Waals surface area contributed by atoms with Crippen molar-refractivity contribution in [3.63, 3.8) is 0 Å². The van der Waals surface area contributed by atoms with Crippen LogP contribution in [-0.4, -0.2) is 22.6 Å². The van der Waals surface area contributed by atoms with Gasteiger partial charge >= 0.3 is 5.97 Å². The smallest absolute Gasteiger partial charge is 0.305 e. The molecular weight excluding hydrogens is 220 g/mol. The summed E-state index contributed by atoms with van der Waals surface area (Å²) < 4.78 is 5.58. The van der Waals surface area contributed by atoms with Crippen molar-refractivity contribution in [2.75, 3.05) is 6.61 Å². The van der Waals surface area contributed by atoms with E-state index in [2.05, 4.69) is 13.8 Å². The summed E-state index contributed by atoms with van der Waals surface area (Å²) >= 11 is 2.00. The summed E-state index contributed by atoms with van der Waals surface area (Å²) in [5.74, 6) is -0.0608. The molecule has 2 nitrogen and oxygen atoms in total. The van der Waals surface area contributed by atoms with E-state index < -0.39 is 0 Å². The largest absolute Gasteiger partial charge is 0.464 e. The summed E-state index contributed by atoms with van der Waals surface area (Å²) in [6.45, 7) is 6.92. The van der Waals surface area contributed by atoms with Gasteiger partial charge in [0.05, 0.1) is 4.75 Å². The molecule has 0 bridgehead atoms. The molecule has 0 saturated heterocycles. The van der Waals surface area contributed by atoms with Gasteiger partial charge in [-0.3, -0.25) is 4.79 Å². The first-order chi connectivity index (χ1) is 7.58. The van der Waals surface area contributed by atoms with Gasteiger partial charge in [-0.05, 0) is 18.1 Å². The molecule has 1 saturated carbocycles. The van der Waals surface area contributed by atoms with Crippen LogP contribution >= 0.6 is 11.8 Å². The molecule has 0 aromatic rings. The van der Waals surface area contributed by atoms with Crippen molar-refractivity contribution in [2.45, 2.75) is 69.3 Å². The zero-order valence-electron chi connectivity index (χ0n) is 10.8. The van der Waals surface area contributed by atoms with E-state index in [0.717, 1.165) is 0 Å². The molecule has 0 heterocycles. The van der Waals surface area contributed by atoms with Crippen molar-refractivity contribution in [3.05, 3.63) is 0 Å². The van der Waals surface area contributed by atoms with E-state index in [1.807, 2.05) is 18.7 Å². The van der Waals surface area contributed by atoms with Gasteiger partial charge in [0.2, 0.25) is 0 Å². The minimum absolute atomic E-state index is 0.0608. The van der Waals surface area contributed by atoms with Crippen LogP contribution in [0.1, 0.15) is 59.3 Å². The second-order valence-corrected chi connectivity index (χ2v) is 6.97. The third-order valence-electron chi connectivity index (χ3n) is 3.04. The second-order valence-electron chi connectivity index (χ2n) is 4.92. The zero-order chi connectivity index (χ0) is 12.0. The van der Waals surface area contributed by atoms with Gasteiger partial charge < -0.3 is 4.74 Å². The van der Waals surface area contributed by atoms with E-state index in [1.165, 1.54) is 32.1 Å². The van der Waals surface area contributed by atoms with Crippen molar-refractivity contribution in [1.29, 1.82) is 0 Å². The summed E-state index contributed by atoms with van der Waals surface area (Å²) in [5.41, 5.74) is 0. The lowest BCUT2D eigenvalue weighted by atomic mass is 9.89. The fourth-order valence-corrected chi connectivity index (χ4v) is 3.96. The number of esters is 1. The maximum Gasteiger partial charge on any atom is 0.305 e.